The van der Waals surface area contributed by atoms with E-state index in [-0.39, 0.29) is 0 Å². The second-order valence-electron chi connectivity index (χ2n) is 3.18. The molecule has 1 aromatic rings. The summed E-state index contributed by atoms with van der Waals surface area (Å²) in [6, 6.07) is 4.08. The van der Waals surface area contributed by atoms with Gasteiger partial charge in [0.15, 0.2) is 0 Å². The van der Waals surface area contributed by atoms with Crippen molar-refractivity contribution in [1.29, 1.82) is 5.26 Å². The van der Waals surface area contributed by atoms with Gasteiger partial charge < -0.3 is 0 Å². The monoisotopic (exact) mass is 190 g/mol. The lowest BCUT2D eigenvalue weighted by Gasteiger charge is -2.07. The van der Waals surface area contributed by atoms with Crippen LogP contribution in [0.2, 0.25) is 0 Å². The van der Waals surface area contributed by atoms with Crippen molar-refractivity contribution in [3.8, 4) is 6.07 Å². The first-order valence-electron chi connectivity index (χ1n) is 4.33. The third-order valence-electron chi connectivity index (χ3n) is 2.29. The zero-order valence-corrected chi connectivity index (χ0v) is 8.05. The Hall–Kier alpha value is -1.01. The molecule has 0 bridgehead atoms. The van der Waals surface area contributed by atoms with Crippen LogP contribution in [0.5, 0.6) is 0 Å². The summed E-state index contributed by atoms with van der Waals surface area (Å²) in [6.45, 7) is 0. The van der Waals surface area contributed by atoms with E-state index in [1.54, 1.807) is 6.20 Å². The predicted octanol–water partition coefficient (Wildman–Crippen LogP) is 2.17. The topological polar surface area (TPSA) is 36.7 Å². The van der Waals surface area contributed by atoms with Gasteiger partial charge in [0.25, 0.3) is 0 Å². The highest BCUT2D eigenvalue weighted by atomic mass is 32.2. The number of hydrogen-bond donors (Lipinski definition) is 0. The van der Waals surface area contributed by atoms with Crippen molar-refractivity contribution in [3.05, 3.63) is 29.6 Å². The molecule has 3 heteroatoms. The van der Waals surface area contributed by atoms with Crippen molar-refractivity contribution < 1.29 is 0 Å². The first-order chi connectivity index (χ1) is 6.40. The number of nitrogens with zero attached hydrogens (tertiary/aromatic N) is 2. The van der Waals surface area contributed by atoms with Crippen molar-refractivity contribution in [3.63, 3.8) is 0 Å². The van der Waals surface area contributed by atoms with E-state index >= 15 is 0 Å². The molecule has 1 aliphatic rings. The molecule has 1 atom stereocenters. The van der Waals surface area contributed by atoms with Gasteiger partial charge in [-0.05, 0) is 29.7 Å². The fourth-order valence-corrected chi connectivity index (χ4v) is 2.80. The van der Waals surface area contributed by atoms with Crippen LogP contribution in [-0.2, 0) is 0 Å². The van der Waals surface area contributed by atoms with Gasteiger partial charge in [0.05, 0.1) is 5.56 Å². The Labute approximate surface area is 82.0 Å². The number of aromatic nitrogens is 1. The summed E-state index contributed by atoms with van der Waals surface area (Å²) >= 11 is 1.98. The fourth-order valence-electron chi connectivity index (χ4n) is 1.54. The molecule has 1 saturated heterocycles. The SMILES string of the molecule is N#Cc1cncc(C2CCSC2)c1. The van der Waals surface area contributed by atoms with Crippen LogP contribution >= 0.6 is 11.8 Å². The Morgan fingerprint density at radius 2 is 2.46 bits per heavy atom. The quantitative estimate of drug-likeness (QED) is 0.681. The standard InChI is InChI=1S/C10H10N2S/c11-4-8-3-10(6-12-5-8)9-1-2-13-7-9/h3,5-6,9H,1-2,7H2. The van der Waals surface area contributed by atoms with E-state index in [0.717, 1.165) is 0 Å². The van der Waals surface area contributed by atoms with Crippen LogP contribution in [-0.4, -0.2) is 16.5 Å². The molecule has 13 heavy (non-hydrogen) atoms. The van der Waals surface area contributed by atoms with Crippen LogP contribution in [0.1, 0.15) is 23.5 Å². The predicted molar refractivity (Wildman–Crippen MR) is 53.6 cm³/mol. The number of rotatable bonds is 1. The van der Waals surface area contributed by atoms with Gasteiger partial charge in [0.2, 0.25) is 0 Å². The third kappa shape index (κ3) is 1.84. The molecular formula is C10H10N2S. The average molecular weight is 190 g/mol. The first-order valence-corrected chi connectivity index (χ1v) is 5.48. The van der Waals surface area contributed by atoms with Crippen LogP contribution in [0.25, 0.3) is 0 Å². The van der Waals surface area contributed by atoms with Crippen LogP contribution < -0.4 is 0 Å². The average Bonchev–Trinajstić information content (AvgIpc) is 2.71. The minimum atomic E-state index is 0.616. The van der Waals surface area contributed by atoms with Crippen LogP contribution in [0.4, 0.5) is 0 Å². The van der Waals surface area contributed by atoms with Crippen LogP contribution in [0, 0.1) is 11.3 Å². The molecule has 0 aromatic carbocycles. The van der Waals surface area contributed by atoms with Gasteiger partial charge in [0.1, 0.15) is 6.07 Å². The van der Waals surface area contributed by atoms with Gasteiger partial charge in [-0.25, -0.2) is 0 Å². The van der Waals surface area contributed by atoms with E-state index in [2.05, 4.69) is 11.1 Å². The summed E-state index contributed by atoms with van der Waals surface area (Å²) in [7, 11) is 0. The number of hydrogen-bond acceptors (Lipinski definition) is 3. The van der Waals surface area contributed by atoms with Crippen molar-refractivity contribution in [2.45, 2.75) is 12.3 Å². The summed E-state index contributed by atoms with van der Waals surface area (Å²) in [6.07, 6.45) is 4.73. The molecule has 1 aromatic heterocycles. The van der Waals surface area contributed by atoms with Gasteiger partial charge in [-0.2, -0.15) is 17.0 Å². The maximum Gasteiger partial charge on any atom is 0.101 e. The van der Waals surface area contributed by atoms with Gasteiger partial charge in [-0.15, -0.1) is 0 Å². The van der Waals surface area contributed by atoms with E-state index in [1.165, 1.54) is 23.5 Å². The van der Waals surface area contributed by atoms with Gasteiger partial charge >= 0.3 is 0 Å². The molecule has 0 radical (unpaired) electrons. The maximum absolute atomic E-state index is 8.71. The Balaban J connectivity index is 2.25. The van der Waals surface area contributed by atoms with Gasteiger partial charge in [0, 0.05) is 18.1 Å². The summed E-state index contributed by atoms with van der Waals surface area (Å²) in [4.78, 5) is 4.07. The summed E-state index contributed by atoms with van der Waals surface area (Å²) in [5, 5.41) is 8.71. The second kappa shape index (κ2) is 3.80. The minimum Gasteiger partial charge on any atom is -0.263 e. The Morgan fingerprint density at radius 3 is 3.15 bits per heavy atom. The highest BCUT2D eigenvalue weighted by Crippen LogP contribution is 2.31. The summed E-state index contributed by atoms with van der Waals surface area (Å²) < 4.78 is 0. The molecule has 0 N–H and O–H groups in total. The molecular weight excluding hydrogens is 180 g/mol. The third-order valence-corrected chi connectivity index (χ3v) is 3.45. The molecule has 2 heterocycles. The normalized spacial score (nSPS) is 21.3. The van der Waals surface area contributed by atoms with Gasteiger partial charge in [-0.1, -0.05) is 0 Å². The van der Waals surface area contributed by atoms with Crippen molar-refractivity contribution >= 4 is 11.8 Å². The highest BCUT2D eigenvalue weighted by Gasteiger charge is 2.17. The number of nitriles is 1. The lowest BCUT2D eigenvalue weighted by molar-refractivity contribution is 0.776. The van der Waals surface area contributed by atoms with Crippen LogP contribution in [0.3, 0.4) is 0 Å². The van der Waals surface area contributed by atoms with E-state index in [1.807, 2.05) is 24.0 Å². The fraction of sp³-hybridized carbons (Fsp3) is 0.400. The van der Waals surface area contributed by atoms with E-state index in [0.29, 0.717) is 11.5 Å². The molecule has 0 spiro atoms. The molecule has 0 saturated carbocycles. The maximum atomic E-state index is 8.71. The summed E-state index contributed by atoms with van der Waals surface area (Å²) in [5.41, 5.74) is 1.90. The molecule has 1 unspecified atom stereocenters. The Kier molecular flexibility index (Phi) is 2.51. The van der Waals surface area contributed by atoms with Crippen molar-refractivity contribution in [2.75, 3.05) is 11.5 Å². The highest BCUT2D eigenvalue weighted by molar-refractivity contribution is 7.99. The molecule has 1 aliphatic heterocycles. The largest absolute Gasteiger partial charge is 0.263 e. The molecule has 66 valence electrons. The Morgan fingerprint density at radius 1 is 1.54 bits per heavy atom. The minimum absolute atomic E-state index is 0.616. The van der Waals surface area contributed by atoms with Gasteiger partial charge in [-0.3, -0.25) is 4.98 Å². The number of thioether (sulfide) groups is 1. The second-order valence-corrected chi connectivity index (χ2v) is 4.33. The smallest absolute Gasteiger partial charge is 0.101 e. The first kappa shape index (κ1) is 8.58. The summed E-state index contributed by atoms with van der Waals surface area (Å²) in [5.74, 6) is 3.03. The van der Waals surface area contributed by atoms with Crippen molar-refractivity contribution in [2.24, 2.45) is 0 Å². The molecule has 2 rings (SSSR count). The molecule has 1 fully saturated rings. The zero-order chi connectivity index (χ0) is 9.10. The lowest BCUT2D eigenvalue weighted by Crippen LogP contribution is -1.97. The number of pyridine rings is 1. The van der Waals surface area contributed by atoms with E-state index in [4.69, 9.17) is 5.26 Å². The molecule has 2 nitrogen and oxygen atoms in total. The zero-order valence-electron chi connectivity index (χ0n) is 7.23. The lowest BCUT2D eigenvalue weighted by atomic mass is 10.00. The molecule has 0 aliphatic carbocycles. The molecule has 0 amide bonds. The van der Waals surface area contributed by atoms with Crippen LogP contribution in [0.15, 0.2) is 18.5 Å². The van der Waals surface area contributed by atoms with E-state index < -0.39 is 0 Å². The van der Waals surface area contributed by atoms with Crippen molar-refractivity contribution in [1.82, 2.24) is 4.98 Å². The van der Waals surface area contributed by atoms with E-state index in [9.17, 15) is 0 Å². The Bertz CT molecular complexity index is 337.